The Labute approximate surface area is 163 Å². The first-order valence-corrected chi connectivity index (χ1v) is 10.5. The van der Waals surface area contributed by atoms with E-state index in [9.17, 15) is 9.59 Å². The average molecular weight is 372 g/mol. The number of hydrogen-bond donors (Lipinski definition) is 1. The van der Waals surface area contributed by atoms with Gasteiger partial charge in [0.15, 0.2) is 0 Å². The van der Waals surface area contributed by atoms with Gasteiger partial charge in [0.05, 0.1) is 0 Å². The summed E-state index contributed by atoms with van der Waals surface area (Å²) in [6.45, 7) is 7.50. The zero-order valence-corrected chi connectivity index (χ0v) is 16.7. The zero-order valence-electron chi connectivity index (χ0n) is 16.7. The van der Waals surface area contributed by atoms with Gasteiger partial charge in [0.25, 0.3) is 0 Å². The molecule has 5 heteroatoms. The molecule has 0 aromatic heterocycles. The highest BCUT2D eigenvalue weighted by Gasteiger charge is 2.33. The Bertz CT molecular complexity index is 618. The fourth-order valence-corrected chi connectivity index (χ4v) is 4.15. The van der Waals surface area contributed by atoms with Gasteiger partial charge in [-0.25, -0.2) is 0 Å². The van der Waals surface area contributed by atoms with Crippen molar-refractivity contribution in [2.45, 2.75) is 52.0 Å². The van der Waals surface area contributed by atoms with Crippen molar-refractivity contribution in [1.29, 1.82) is 0 Å². The van der Waals surface area contributed by atoms with Crippen molar-refractivity contribution >= 4 is 17.5 Å². The van der Waals surface area contributed by atoms with Crippen LogP contribution in [-0.2, 0) is 9.59 Å². The second-order valence-corrected chi connectivity index (χ2v) is 8.01. The molecule has 2 amide bonds. The smallest absolute Gasteiger partial charge is 0.225 e. The van der Waals surface area contributed by atoms with Crippen LogP contribution in [0.2, 0.25) is 0 Å². The molecule has 1 aromatic rings. The van der Waals surface area contributed by atoms with Crippen LogP contribution in [0.15, 0.2) is 30.3 Å². The van der Waals surface area contributed by atoms with E-state index in [2.05, 4.69) is 41.4 Å². The van der Waals surface area contributed by atoms with E-state index >= 15 is 0 Å². The number of nitrogens with one attached hydrogen (secondary N) is 1. The third-order valence-corrected chi connectivity index (χ3v) is 6.16. The highest BCUT2D eigenvalue weighted by Crippen LogP contribution is 2.31. The number of hydrogen-bond acceptors (Lipinski definition) is 3. The third kappa shape index (κ3) is 5.02. The zero-order chi connectivity index (χ0) is 19.2. The van der Waals surface area contributed by atoms with E-state index in [0.717, 1.165) is 58.3 Å². The van der Waals surface area contributed by atoms with Gasteiger partial charge in [-0.3, -0.25) is 9.59 Å². The first-order chi connectivity index (χ1) is 13.1. The summed E-state index contributed by atoms with van der Waals surface area (Å²) in [4.78, 5) is 29.6. The summed E-state index contributed by atoms with van der Waals surface area (Å²) in [5.41, 5.74) is 1.23. The van der Waals surface area contributed by atoms with E-state index in [0.29, 0.717) is 5.91 Å². The average Bonchev–Trinajstić information content (AvgIpc) is 2.74. The predicted molar refractivity (Wildman–Crippen MR) is 109 cm³/mol. The van der Waals surface area contributed by atoms with Crippen molar-refractivity contribution in [3.8, 4) is 0 Å². The van der Waals surface area contributed by atoms with Gasteiger partial charge in [0, 0.05) is 49.7 Å². The van der Waals surface area contributed by atoms with Crippen LogP contribution in [0.3, 0.4) is 0 Å². The number of anilines is 1. The number of carbonyl (C=O) groups excluding carboxylic acids is 2. The lowest BCUT2D eigenvalue weighted by molar-refractivity contribution is -0.138. The van der Waals surface area contributed by atoms with Crippen LogP contribution in [0.4, 0.5) is 5.69 Å². The van der Waals surface area contributed by atoms with E-state index in [4.69, 9.17) is 0 Å². The fraction of sp³-hybridized carbons (Fsp3) is 0.636. The quantitative estimate of drug-likeness (QED) is 0.865. The molecule has 2 fully saturated rings. The minimum absolute atomic E-state index is 0.0815. The van der Waals surface area contributed by atoms with Gasteiger partial charge in [-0.05, 0) is 51.2 Å². The van der Waals surface area contributed by atoms with Crippen LogP contribution in [-0.4, -0.2) is 48.9 Å². The van der Waals surface area contributed by atoms with Gasteiger partial charge in [-0.1, -0.05) is 25.1 Å². The summed E-state index contributed by atoms with van der Waals surface area (Å²) in [5.74, 6) is 0.647. The van der Waals surface area contributed by atoms with Gasteiger partial charge in [-0.15, -0.1) is 0 Å². The molecule has 5 nitrogen and oxygen atoms in total. The van der Waals surface area contributed by atoms with E-state index in [1.807, 2.05) is 17.9 Å². The molecule has 1 aliphatic heterocycles. The summed E-state index contributed by atoms with van der Waals surface area (Å²) in [6.07, 6.45) is 4.31. The highest BCUT2D eigenvalue weighted by atomic mass is 16.2. The molecule has 1 aromatic carbocycles. The largest absolute Gasteiger partial charge is 0.368 e. The first kappa shape index (κ1) is 19.7. The van der Waals surface area contributed by atoms with Crippen LogP contribution in [0, 0.1) is 11.8 Å². The molecule has 3 rings (SSSR count). The number of nitrogens with zero attached hydrogens (tertiary/aromatic N) is 2. The Morgan fingerprint density at radius 1 is 1.00 bits per heavy atom. The Morgan fingerprint density at radius 2 is 1.59 bits per heavy atom. The van der Waals surface area contributed by atoms with E-state index in [1.165, 1.54) is 5.69 Å². The molecule has 148 valence electrons. The number of piperazine rings is 1. The van der Waals surface area contributed by atoms with Crippen LogP contribution >= 0.6 is 0 Å². The lowest BCUT2D eigenvalue weighted by Gasteiger charge is -2.38. The van der Waals surface area contributed by atoms with Crippen molar-refractivity contribution in [1.82, 2.24) is 10.2 Å². The second-order valence-electron chi connectivity index (χ2n) is 8.01. The van der Waals surface area contributed by atoms with Crippen molar-refractivity contribution in [3.05, 3.63) is 30.3 Å². The molecule has 1 heterocycles. The lowest BCUT2D eigenvalue weighted by atomic mass is 9.80. The fourth-order valence-electron chi connectivity index (χ4n) is 4.15. The maximum atomic E-state index is 12.9. The number of carbonyl (C=O) groups is 2. The molecular weight excluding hydrogens is 338 g/mol. The normalized spacial score (nSPS) is 24.4. The van der Waals surface area contributed by atoms with Crippen LogP contribution in [0.25, 0.3) is 0 Å². The minimum atomic E-state index is 0.0815. The molecule has 27 heavy (non-hydrogen) atoms. The molecule has 0 spiro atoms. The summed E-state index contributed by atoms with van der Waals surface area (Å²) in [5, 5.41) is 3.09. The summed E-state index contributed by atoms with van der Waals surface area (Å²) >= 11 is 0. The maximum absolute atomic E-state index is 12.9. The van der Waals surface area contributed by atoms with E-state index in [1.54, 1.807) is 0 Å². The van der Waals surface area contributed by atoms with Gasteiger partial charge in [0.1, 0.15) is 0 Å². The number of benzene rings is 1. The Morgan fingerprint density at radius 3 is 2.19 bits per heavy atom. The van der Waals surface area contributed by atoms with Crippen LogP contribution in [0.1, 0.15) is 46.0 Å². The molecule has 1 atom stereocenters. The minimum Gasteiger partial charge on any atom is -0.368 e. The van der Waals surface area contributed by atoms with E-state index < -0.39 is 0 Å². The van der Waals surface area contributed by atoms with Gasteiger partial charge < -0.3 is 15.1 Å². The Kier molecular flexibility index (Phi) is 6.75. The Balaban J connectivity index is 1.44. The van der Waals surface area contributed by atoms with Gasteiger partial charge in [0.2, 0.25) is 11.8 Å². The molecule has 1 N–H and O–H groups in total. The van der Waals surface area contributed by atoms with Crippen molar-refractivity contribution in [2.75, 3.05) is 31.1 Å². The topological polar surface area (TPSA) is 52.7 Å². The molecular formula is C22H33N3O2. The second kappa shape index (κ2) is 9.25. The first-order valence-electron chi connectivity index (χ1n) is 10.5. The Hall–Kier alpha value is -2.04. The van der Waals surface area contributed by atoms with Crippen molar-refractivity contribution in [3.63, 3.8) is 0 Å². The standard InChI is InChI=1S/C22H33N3O2/c1-3-17(2)23-21(26)18-9-11-19(12-10-18)22(27)25-15-13-24(14-16-25)20-7-5-4-6-8-20/h4-8,17-19H,3,9-16H2,1-2H3,(H,23,26). The van der Waals surface area contributed by atoms with Crippen LogP contribution in [0.5, 0.6) is 0 Å². The summed E-state index contributed by atoms with van der Waals surface area (Å²) in [7, 11) is 0. The molecule has 2 aliphatic rings. The summed E-state index contributed by atoms with van der Waals surface area (Å²) in [6, 6.07) is 10.6. The molecule has 0 radical (unpaired) electrons. The van der Waals surface area contributed by atoms with Crippen molar-refractivity contribution < 1.29 is 9.59 Å². The van der Waals surface area contributed by atoms with Crippen molar-refractivity contribution in [2.24, 2.45) is 11.8 Å². The van der Waals surface area contributed by atoms with Gasteiger partial charge >= 0.3 is 0 Å². The number of amides is 2. The molecule has 0 bridgehead atoms. The third-order valence-electron chi connectivity index (χ3n) is 6.16. The lowest BCUT2D eigenvalue weighted by Crippen LogP contribution is -2.51. The molecule has 1 unspecified atom stereocenters. The monoisotopic (exact) mass is 371 g/mol. The molecule has 1 aliphatic carbocycles. The van der Waals surface area contributed by atoms with Gasteiger partial charge in [-0.2, -0.15) is 0 Å². The maximum Gasteiger partial charge on any atom is 0.225 e. The van der Waals surface area contributed by atoms with Crippen LogP contribution < -0.4 is 10.2 Å². The highest BCUT2D eigenvalue weighted by molar-refractivity contribution is 5.81. The predicted octanol–water partition coefficient (Wildman–Crippen LogP) is 3.06. The number of para-hydroxylation sites is 1. The number of rotatable bonds is 5. The van der Waals surface area contributed by atoms with E-state index in [-0.39, 0.29) is 23.8 Å². The molecule has 1 saturated heterocycles. The SMILES string of the molecule is CCC(C)NC(=O)C1CCC(C(=O)N2CCN(c3ccccc3)CC2)CC1. The summed E-state index contributed by atoms with van der Waals surface area (Å²) < 4.78 is 0. The molecule has 1 saturated carbocycles.